The Kier molecular flexibility index (Phi) is 3.59. The number of morpholine rings is 1. The summed E-state index contributed by atoms with van der Waals surface area (Å²) in [7, 11) is 0. The molecule has 1 saturated heterocycles. The highest BCUT2D eigenvalue weighted by Gasteiger charge is 2.38. The summed E-state index contributed by atoms with van der Waals surface area (Å²) in [6, 6.07) is 0. The molecule has 0 aromatic carbocycles. The highest BCUT2D eigenvalue weighted by molar-refractivity contribution is 7.16. The minimum atomic E-state index is -4.64. The van der Waals surface area contributed by atoms with Crippen LogP contribution in [0.1, 0.15) is 22.4 Å². The predicted molar refractivity (Wildman–Crippen MR) is 60.3 cm³/mol. The fourth-order valence-corrected chi connectivity index (χ4v) is 2.60. The maximum Gasteiger partial charge on any atom is 0.443 e. The number of hydrogen-bond donors (Lipinski definition) is 0. The fourth-order valence-electron chi connectivity index (χ4n) is 1.58. The summed E-state index contributed by atoms with van der Waals surface area (Å²) in [5.74, 6) is -1.09. The van der Waals surface area contributed by atoms with Gasteiger partial charge in [-0.2, -0.15) is 13.2 Å². The number of anilines is 1. The number of hydrogen-bond acceptors (Lipinski definition) is 5. The third-order valence-corrected chi connectivity index (χ3v) is 3.54. The molecule has 0 atom stereocenters. The lowest BCUT2D eigenvalue weighted by molar-refractivity contribution is -0.137. The van der Waals surface area contributed by atoms with Gasteiger partial charge in [0.1, 0.15) is 17.3 Å². The van der Waals surface area contributed by atoms with Gasteiger partial charge in [-0.25, -0.2) is 4.98 Å². The molecule has 0 bridgehead atoms. The van der Waals surface area contributed by atoms with Gasteiger partial charge in [-0.15, -0.1) is 0 Å². The Labute approximate surface area is 110 Å². The molecule has 0 saturated carbocycles. The third kappa shape index (κ3) is 2.76. The minimum absolute atomic E-state index is 0.0619. The summed E-state index contributed by atoms with van der Waals surface area (Å²) >= 11 is 0.298. The van der Waals surface area contributed by atoms with Crippen LogP contribution in [0.25, 0.3) is 0 Å². The molecule has 1 fully saturated rings. The summed E-state index contributed by atoms with van der Waals surface area (Å²) in [6.45, 7) is 1.22. The summed E-state index contributed by atoms with van der Waals surface area (Å²) in [5.41, 5.74) is -0.326. The van der Waals surface area contributed by atoms with E-state index in [-0.39, 0.29) is 30.5 Å². The quantitative estimate of drug-likeness (QED) is 0.779. The van der Waals surface area contributed by atoms with Crippen molar-refractivity contribution in [3.05, 3.63) is 10.7 Å². The van der Waals surface area contributed by atoms with Crippen LogP contribution in [0, 0.1) is 0 Å². The van der Waals surface area contributed by atoms with Crippen molar-refractivity contribution in [1.82, 2.24) is 4.98 Å². The van der Waals surface area contributed by atoms with E-state index in [1.54, 1.807) is 0 Å². The van der Waals surface area contributed by atoms with Crippen LogP contribution in [0.3, 0.4) is 0 Å². The van der Waals surface area contributed by atoms with Crippen LogP contribution in [-0.4, -0.2) is 36.4 Å². The van der Waals surface area contributed by atoms with E-state index in [0.29, 0.717) is 11.3 Å². The molecule has 1 aliphatic heterocycles. The van der Waals surface area contributed by atoms with Crippen molar-refractivity contribution in [3.8, 4) is 0 Å². The SMILES string of the molecule is CC(=O)c1nc(C(F)(F)F)sc1N1CCOCC1=O. The van der Waals surface area contributed by atoms with Gasteiger partial charge in [0.15, 0.2) is 5.78 Å². The molecule has 0 spiro atoms. The second-order valence-electron chi connectivity index (χ2n) is 3.82. The molecule has 0 radical (unpaired) electrons. The maximum absolute atomic E-state index is 12.6. The lowest BCUT2D eigenvalue weighted by Gasteiger charge is -2.25. The molecule has 2 rings (SSSR count). The molecule has 0 N–H and O–H groups in total. The Morgan fingerprint density at radius 1 is 1.47 bits per heavy atom. The maximum atomic E-state index is 12.6. The third-order valence-electron chi connectivity index (χ3n) is 2.42. The summed E-state index contributed by atoms with van der Waals surface area (Å²) in [5, 5.41) is -1.19. The molecular formula is C10H9F3N2O3S. The second kappa shape index (κ2) is 4.89. The minimum Gasteiger partial charge on any atom is -0.370 e. The van der Waals surface area contributed by atoms with Gasteiger partial charge >= 0.3 is 6.18 Å². The number of thiazole rings is 1. The van der Waals surface area contributed by atoms with Gasteiger partial charge in [0, 0.05) is 6.92 Å². The van der Waals surface area contributed by atoms with Gasteiger partial charge in [0.05, 0.1) is 13.2 Å². The van der Waals surface area contributed by atoms with Gasteiger partial charge < -0.3 is 4.74 Å². The standard InChI is InChI=1S/C10H9F3N2O3S/c1-5(16)7-8(15-2-3-18-4-6(15)17)19-9(14-7)10(11,12)13/h2-4H2,1H3. The van der Waals surface area contributed by atoms with Crippen LogP contribution < -0.4 is 4.90 Å². The molecule has 19 heavy (non-hydrogen) atoms. The first-order chi connectivity index (χ1) is 8.80. The number of halogens is 3. The lowest BCUT2D eigenvalue weighted by Crippen LogP contribution is -2.41. The molecule has 0 aliphatic carbocycles. The van der Waals surface area contributed by atoms with Crippen molar-refractivity contribution < 1.29 is 27.5 Å². The number of nitrogens with zero attached hydrogens (tertiary/aromatic N) is 2. The number of rotatable bonds is 2. The van der Waals surface area contributed by atoms with Crippen molar-refractivity contribution >= 4 is 28.0 Å². The van der Waals surface area contributed by atoms with Gasteiger partial charge in [-0.05, 0) is 0 Å². The van der Waals surface area contributed by atoms with E-state index in [2.05, 4.69) is 4.98 Å². The predicted octanol–water partition coefficient (Wildman–Crippen LogP) is 1.73. The lowest BCUT2D eigenvalue weighted by atomic mass is 10.3. The molecule has 5 nitrogen and oxygen atoms in total. The average molecular weight is 294 g/mol. The van der Waals surface area contributed by atoms with Crippen molar-refractivity contribution in [3.63, 3.8) is 0 Å². The zero-order valence-electron chi connectivity index (χ0n) is 9.78. The molecule has 104 valence electrons. The molecule has 0 unspecified atom stereocenters. The van der Waals surface area contributed by atoms with E-state index in [1.165, 1.54) is 0 Å². The second-order valence-corrected chi connectivity index (χ2v) is 4.80. The molecule has 9 heteroatoms. The van der Waals surface area contributed by atoms with E-state index in [1.807, 2.05) is 0 Å². The Morgan fingerprint density at radius 2 is 2.16 bits per heavy atom. The zero-order valence-corrected chi connectivity index (χ0v) is 10.6. The summed E-state index contributed by atoms with van der Waals surface area (Å²) < 4.78 is 42.7. The smallest absolute Gasteiger partial charge is 0.370 e. The number of ether oxygens (including phenoxy) is 1. The average Bonchev–Trinajstić information content (AvgIpc) is 2.74. The summed E-state index contributed by atoms with van der Waals surface area (Å²) in [6.07, 6.45) is -4.64. The molecule has 1 aromatic heterocycles. The number of ketones is 1. The summed E-state index contributed by atoms with van der Waals surface area (Å²) in [4.78, 5) is 27.4. The number of Topliss-reactive ketones (excluding diaryl/α,β-unsaturated/α-hetero) is 1. The Bertz CT molecular complexity index is 527. The van der Waals surface area contributed by atoms with Crippen LogP contribution in [0.15, 0.2) is 0 Å². The number of amides is 1. The van der Waals surface area contributed by atoms with Crippen LogP contribution in [0.4, 0.5) is 18.2 Å². The van der Waals surface area contributed by atoms with E-state index in [0.717, 1.165) is 11.8 Å². The highest BCUT2D eigenvalue weighted by Crippen LogP contribution is 2.39. The molecule has 2 heterocycles. The van der Waals surface area contributed by atoms with Crippen LogP contribution in [0.2, 0.25) is 0 Å². The normalized spacial score (nSPS) is 16.8. The monoisotopic (exact) mass is 294 g/mol. The number of carbonyl (C=O) groups excluding carboxylic acids is 2. The van der Waals surface area contributed by atoms with Crippen LogP contribution in [-0.2, 0) is 15.7 Å². The van der Waals surface area contributed by atoms with Gasteiger partial charge in [-0.1, -0.05) is 11.3 Å². The largest absolute Gasteiger partial charge is 0.443 e. The van der Waals surface area contributed by atoms with Crippen molar-refractivity contribution in [2.45, 2.75) is 13.1 Å². The molecule has 1 aliphatic rings. The van der Waals surface area contributed by atoms with E-state index >= 15 is 0 Å². The zero-order chi connectivity index (χ0) is 14.2. The van der Waals surface area contributed by atoms with Gasteiger partial charge in [0.2, 0.25) is 5.01 Å². The number of alkyl halides is 3. The van der Waals surface area contributed by atoms with Crippen molar-refractivity contribution in [2.24, 2.45) is 0 Å². The van der Waals surface area contributed by atoms with Crippen LogP contribution in [0.5, 0.6) is 0 Å². The van der Waals surface area contributed by atoms with E-state index in [9.17, 15) is 22.8 Å². The van der Waals surface area contributed by atoms with E-state index in [4.69, 9.17) is 4.74 Å². The number of aromatic nitrogens is 1. The first kappa shape index (κ1) is 13.9. The Morgan fingerprint density at radius 3 is 2.68 bits per heavy atom. The highest BCUT2D eigenvalue weighted by atomic mass is 32.1. The first-order valence-corrected chi connectivity index (χ1v) is 6.09. The van der Waals surface area contributed by atoms with Crippen molar-refractivity contribution in [1.29, 1.82) is 0 Å². The fraction of sp³-hybridized carbons (Fsp3) is 0.500. The van der Waals surface area contributed by atoms with Crippen LogP contribution >= 0.6 is 11.3 Å². The molecule has 1 amide bonds. The number of carbonyl (C=O) groups is 2. The Hall–Kier alpha value is -1.48. The Balaban J connectivity index is 2.46. The van der Waals surface area contributed by atoms with E-state index < -0.39 is 22.9 Å². The molecular weight excluding hydrogens is 285 g/mol. The topological polar surface area (TPSA) is 59.5 Å². The van der Waals surface area contributed by atoms with Gasteiger partial charge in [0.25, 0.3) is 5.91 Å². The molecule has 1 aromatic rings. The first-order valence-electron chi connectivity index (χ1n) is 5.28. The van der Waals surface area contributed by atoms with Crippen molar-refractivity contribution in [2.75, 3.05) is 24.7 Å². The van der Waals surface area contributed by atoms with Gasteiger partial charge in [-0.3, -0.25) is 14.5 Å².